The number of aromatic nitrogens is 2. The van der Waals surface area contributed by atoms with Gasteiger partial charge in [0.2, 0.25) is 5.89 Å². The summed E-state index contributed by atoms with van der Waals surface area (Å²) < 4.78 is 18.6. The maximum Gasteiger partial charge on any atom is 0.244 e. The number of hydrogen-bond donors (Lipinski definition) is 1. The van der Waals surface area contributed by atoms with Crippen LogP contribution in [0.15, 0.2) is 28.8 Å². The molecule has 1 saturated heterocycles. The zero-order valence-electron chi connectivity index (χ0n) is 12.4. The van der Waals surface area contributed by atoms with E-state index in [4.69, 9.17) is 4.52 Å². The second-order valence-corrected chi connectivity index (χ2v) is 6.33. The van der Waals surface area contributed by atoms with Gasteiger partial charge in [-0.15, -0.1) is 0 Å². The average Bonchev–Trinajstić information content (AvgIpc) is 2.86. The molecular formula is C16H20FN3O. The Morgan fingerprint density at radius 3 is 3.05 bits per heavy atom. The number of nitrogens with zero attached hydrogens (tertiary/aromatic N) is 2. The molecule has 21 heavy (non-hydrogen) atoms. The number of rotatable bonds is 3. The Morgan fingerprint density at radius 1 is 1.43 bits per heavy atom. The summed E-state index contributed by atoms with van der Waals surface area (Å²) in [4.78, 5) is 4.49. The number of benzene rings is 1. The Labute approximate surface area is 123 Å². The van der Waals surface area contributed by atoms with E-state index in [9.17, 15) is 4.39 Å². The maximum absolute atomic E-state index is 13.2. The smallest absolute Gasteiger partial charge is 0.244 e. The van der Waals surface area contributed by atoms with Crippen molar-refractivity contribution in [1.82, 2.24) is 15.5 Å². The van der Waals surface area contributed by atoms with Gasteiger partial charge in [0.15, 0.2) is 5.82 Å². The van der Waals surface area contributed by atoms with Crippen LogP contribution in [0, 0.1) is 11.2 Å². The van der Waals surface area contributed by atoms with Crippen molar-refractivity contribution in [2.75, 3.05) is 6.54 Å². The van der Waals surface area contributed by atoms with Crippen LogP contribution in [0.2, 0.25) is 0 Å². The van der Waals surface area contributed by atoms with Crippen LogP contribution in [-0.4, -0.2) is 16.7 Å². The first-order chi connectivity index (χ1) is 10.0. The van der Waals surface area contributed by atoms with Crippen LogP contribution in [0.3, 0.4) is 0 Å². The van der Waals surface area contributed by atoms with Crippen molar-refractivity contribution in [2.24, 2.45) is 5.41 Å². The van der Waals surface area contributed by atoms with Crippen LogP contribution in [0.4, 0.5) is 4.39 Å². The number of piperidine rings is 1. The molecule has 2 aromatic rings. The summed E-state index contributed by atoms with van der Waals surface area (Å²) in [6, 6.07) is 6.57. The Hall–Kier alpha value is -1.75. The molecule has 0 spiro atoms. The summed E-state index contributed by atoms with van der Waals surface area (Å²) in [7, 11) is 0. The van der Waals surface area contributed by atoms with E-state index in [0.717, 1.165) is 24.9 Å². The van der Waals surface area contributed by atoms with Crippen LogP contribution in [0.25, 0.3) is 0 Å². The van der Waals surface area contributed by atoms with E-state index in [1.807, 2.05) is 6.07 Å². The molecule has 1 aliphatic heterocycles. The van der Waals surface area contributed by atoms with E-state index in [1.54, 1.807) is 6.07 Å². The van der Waals surface area contributed by atoms with Crippen molar-refractivity contribution in [2.45, 2.75) is 39.2 Å². The molecule has 4 nitrogen and oxygen atoms in total. The molecule has 0 saturated carbocycles. The molecule has 112 valence electrons. The van der Waals surface area contributed by atoms with Gasteiger partial charge in [0.05, 0.1) is 6.04 Å². The number of hydrogen-bond acceptors (Lipinski definition) is 4. The quantitative estimate of drug-likeness (QED) is 0.942. The van der Waals surface area contributed by atoms with Crippen LogP contribution in [0.5, 0.6) is 0 Å². The molecule has 0 bridgehead atoms. The monoisotopic (exact) mass is 289 g/mol. The van der Waals surface area contributed by atoms with Gasteiger partial charge in [-0.25, -0.2) is 4.39 Å². The fourth-order valence-electron chi connectivity index (χ4n) is 2.92. The predicted octanol–water partition coefficient (Wildman–Crippen LogP) is 3.25. The summed E-state index contributed by atoms with van der Waals surface area (Å²) in [5, 5.41) is 7.49. The highest BCUT2D eigenvalue weighted by Crippen LogP contribution is 2.39. The van der Waals surface area contributed by atoms with Gasteiger partial charge in [-0.05, 0) is 42.5 Å². The Kier molecular flexibility index (Phi) is 3.76. The van der Waals surface area contributed by atoms with E-state index in [0.29, 0.717) is 18.1 Å². The minimum atomic E-state index is -0.244. The SMILES string of the molecule is CC1(C)CCCNC1c1nc(Cc2cccc(F)c2)no1. The third kappa shape index (κ3) is 3.13. The zero-order chi connectivity index (χ0) is 14.9. The molecule has 1 fully saturated rings. The van der Waals surface area contributed by atoms with E-state index in [-0.39, 0.29) is 17.3 Å². The van der Waals surface area contributed by atoms with E-state index >= 15 is 0 Å². The number of nitrogens with one attached hydrogen (secondary N) is 1. The molecule has 1 atom stereocenters. The van der Waals surface area contributed by atoms with Crippen molar-refractivity contribution in [3.63, 3.8) is 0 Å². The number of halogens is 1. The summed E-state index contributed by atoms with van der Waals surface area (Å²) in [6.45, 7) is 5.39. The Morgan fingerprint density at radius 2 is 2.29 bits per heavy atom. The van der Waals surface area contributed by atoms with E-state index in [1.165, 1.54) is 12.1 Å². The van der Waals surface area contributed by atoms with Crippen molar-refractivity contribution in [1.29, 1.82) is 0 Å². The summed E-state index contributed by atoms with van der Waals surface area (Å²) in [5.41, 5.74) is 0.944. The first-order valence-corrected chi connectivity index (χ1v) is 7.35. The summed E-state index contributed by atoms with van der Waals surface area (Å²) >= 11 is 0. The molecule has 0 aliphatic carbocycles. The molecule has 0 radical (unpaired) electrons. The van der Waals surface area contributed by atoms with Gasteiger partial charge in [-0.2, -0.15) is 4.98 Å². The lowest BCUT2D eigenvalue weighted by atomic mass is 9.77. The molecular weight excluding hydrogens is 269 g/mol. The van der Waals surface area contributed by atoms with Gasteiger partial charge in [-0.1, -0.05) is 31.1 Å². The van der Waals surface area contributed by atoms with Gasteiger partial charge in [0, 0.05) is 6.42 Å². The maximum atomic E-state index is 13.2. The summed E-state index contributed by atoms with van der Waals surface area (Å²) in [5.74, 6) is 0.983. The van der Waals surface area contributed by atoms with Crippen LogP contribution in [0.1, 0.15) is 50.0 Å². The predicted molar refractivity (Wildman–Crippen MR) is 77.3 cm³/mol. The fraction of sp³-hybridized carbons (Fsp3) is 0.500. The Balaban J connectivity index is 1.77. The third-order valence-corrected chi connectivity index (χ3v) is 4.11. The van der Waals surface area contributed by atoms with Gasteiger partial charge >= 0.3 is 0 Å². The lowest BCUT2D eigenvalue weighted by Gasteiger charge is -2.36. The lowest BCUT2D eigenvalue weighted by Crippen LogP contribution is -2.39. The topological polar surface area (TPSA) is 51.0 Å². The molecule has 1 aromatic heterocycles. The fourth-order valence-corrected chi connectivity index (χ4v) is 2.92. The Bertz CT molecular complexity index is 623. The van der Waals surface area contributed by atoms with E-state index in [2.05, 4.69) is 29.3 Å². The largest absolute Gasteiger partial charge is 0.338 e. The highest BCUT2D eigenvalue weighted by atomic mass is 19.1. The molecule has 1 aromatic carbocycles. The summed E-state index contributed by atoms with van der Waals surface area (Å²) in [6.07, 6.45) is 2.77. The first kappa shape index (κ1) is 14.2. The van der Waals surface area contributed by atoms with Crippen molar-refractivity contribution in [3.8, 4) is 0 Å². The average molecular weight is 289 g/mol. The van der Waals surface area contributed by atoms with Crippen LogP contribution >= 0.6 is 0 Å². The molecule has 2 heterocycles. The van der Waals surface area contributed by atoms with Gasteiger partial charge in [0.1, 0.15) is 5.82 Å². The molecule has 1 N–H and O–H groups in total. The normalized spacial score (nSPS) is 21.4. The molecule has 1 unspecified atom stereocenters. The lowest BCUT2D eigenvalue weighted by molar-refractivity contribution is 0.146. The molecule has 0 amide bonds. The van der Waals surface area contributed by atoms with Crippen molar-refractivity contribution < 1.29 is 8.91 Å². The second kappa shape index (κ2) is 5.56. The molecule has 1 aliphatic rings. The highest BCUT2D eigenvalue weighted by Gasteiger charge is 2.36. The van der Waals surface area contributed by atoms with Gasteiger partial charge in [0.25, 0.3) is 0 Å². The van der Waals surface area contributed by atoms with Crippen LogP contribution < -0.4 is 5.32 Å². The van der Waals surface area contributed by atoms with E-state index < -0.39 is 0 Å². The van der Waals surface area contributed by atoms with Crippen LogP contribution in [-0.2, 0) is 6.42 Å². The standard InChI is InChI=1S/C16H20FN3O/c1-16(2)7-4-8-18-14(16)15-19-13(20-21-15)10-11-5-3-6-12(17)9-11/h3,5-6,9,14,18H,4,7-8,10H2,1-2H3. The minimum Gasteiger partial charge on any atom is -0.338 e. The van der Waals surface area contributed by atoms with Gasteiger partial charge in [-0.3, -0.25) is 0 Å². The first-order valence-electron chi connectivity index (χ1n) is 7.35. The zero-order valence-corrected chi connectivity index (χ0v) is 12.4. The second-order valence-electron chi connectivity index (χ2n) is 6.33. The van der Waals surface area contributed by atoms with Crippen molar-refractivity contribution >= 4 is 0 Å². The van der Waals surface area contributed by atoms with Gasteiger partial charge < -0.3 is 9.84 Å². The molecule has 5 heteroatoms. The molecule has 3 rings (SSSR count). The highest BCUT2D eigenvalue weighted by molar-refractivity contribution is 5.20. The minimum absolute atomic E-state index is 0.0833. The van der Waals surface area contributed by atoms with Crippen molar-refractivity contribution in [3.05, 3.63) is 47.4 Å². The third-order valence-electron chi connectivity index (χ3n) is 4.11.